The molecule has 3 fully saturated rings. The largest absolute Gasteiger partial charge is 0.368 e. The molecular weight excluding hydrogens is 358 g/mol. The van der Waals surface area contributed by atoms with Gasteiger partial charge in [-0.1, -0.05) is 30.3 Å². The van der Waals surface area contributed by atoms with Crippen LogP contribution in [0.3, 0.4) is 0 Å². The van der Waals surface area contributed by atoms with E-state index >= 15 is 0 Å². The van der Waals surface area contributed by atoms with Gasteiger partial charge in [-0.05, 0) is 19.4 Å². The lowest BCUT2D eigenvalue weighted by molar-refractivity contribution is -0.221. The summed E-state index contributed by atoms with van der Waals surface area (Å²) in [7, 11) is -3.09. The minimum absolute atomic E-state index is 0.0334. The van der Waals surface area contributed by atoms with E-state index in [1.54, 1.807) is 0 Å². The molecule has 8 heteroatoms. The second-order valence-corrected chi connectivity index (χ2v) is 9.73. The van der Waals surface area contributed by atoms with Crippen molar-refractivity contribution in [2.24, 2.45) is 0 Å². The van der Waals surface area contributed by atoms with Crippen LogP contribution >= 0.6 is 0 Å². The van der Waals surface area contributed by atoms with Crippen LogP contribution in [0.25, 0.3) is 0 Å². The average molecular weight is 383 g/mol. The van der Waals surface area contributed by atoms with E-state index in [2.05, 4.69) is 5.32 Å². The Morgan fingerprint density at radius 2 is 1.96 bits per heavy atom. The Labute approximate surface area is 153 Å². The summed E-state index contributed by atoms with van der Waals surface area (Å²) in [4.78, 5) is 0. The summed E-state index contributed by atoms with van der Waals surface area (Å²) in [6, 6.07) is 9.50. The minimum atomic E-state index is -3.09. The molecule has 7 nitrogen and oxygen atoms in total. The molecule has 0 radical (unpaired) electrons. The maximum Gasteiger partial charge on any atom is 0.190 e. The molecule has 1 aromatic rings. The lowest BCUT2D eigenvalue weighted by atomic mass is 10.0. The Morgan fingerprint density at radius 3 is 2.69 bits per heavy atom. The summed E-state index contributed by atoms with van der Waals surface area (Å²) in [6.07, 6.45) is -1.79. The van der Waals surface area contributed by atoms with Gasteiger partial charge < -0.3 is 24.3 Å². The van der Waals surface area contributed by atoms with E-state index in [0.29, 0.717) is 13.2 Å². The van der Waals surface area contributed by atoms with Crippen LogP contribution in [0.2, 0.25) is 0 Å². The van der Waals surface area contributed by atoms with Gasteiger partial charge in [-0.3, -0.25) is 0 Å². The first-order chi connectivity index (χ1) is 12.3. The van der Waals surface area contributed by atoms with Crippen molar-refractivity contribution in [3.8, 4) is 0 Å². The Kier molecular flexibility index (Phi) is 4.83. The molecule has 3 heterocycles. The second-order valence-electron chi connectivity index (χ2n) is 7.51. The molecule has 4 rings (SSSR count). The first-order valence-corrected chi connectivity index (χ1v) is 10.8. The number of rotatable bonds is 4. The van der Waals surface area contributed by atoms with Crippen LogP contribution in [-0.4, -0.2) is 62.9 Å². The van der Waals surface area contributed by atoms with Crippen molar-refractivity contribution in [2.45, 2.75) is 56.9 Å². The van der Waals surface area contributed by atoms with Crippen LogP contribution in [-0.2, 0) is 35.4 Å². The molecule has 3 aliphatic rings. The summed E-state index contributed by atoms with van der Waals surface area (Å²) in [5.74, 6) is -0.564. The van der Waals surface area contributed by atoms with Crippen LogP contribution in [0.5, 0.6) is 0 Å². The Hall–Kier alpha value is -1.03. The van der Waals surface area contributed by atoms with Crippen molar-refractivity contribution in [1.82, 2.24) is 5.32 Å². The molecule has 3 aliphatic heterocycles. The summed E-state index contributed by atoms with van der Waals surface area (Å²) >= 11 is 0. The van der Waals surface area contributed by atoms with Gasteiger partial charge in [-0.15, -0.1) is 0 Å². The summed E-state index contributed by atoms with van der Waals surface area (Å²) < 4.78 is 48.2. The number of sulfone groups is 1. The molecule has 26 heavy (non-hydrogen) atoms. The molecule has 0 amide bonds. The predicted octanol–water partition coefficient (Wildman–Crippen LogP) is 0.835. The predicted molar refractivity (Wildman–Crippen MR) is 94.2 cm³/mol. The normalized spacial score (nSPS) is 38.2. The number of ether oxygens (including phenoxy) is 4. The van der Waals surface area contributed by atoms with Crippen LogP contribution in [0.4, 0.5) is 0 Å². The average Bonchev–Trinajstić information content (AvgIpc) is 3.05. The van der Waals surface area contributed by atoms with Gasteiger partial charge in [0.05, 0.1) is 24.2 Å². The summed E-state index contributed by atoms with van der Waals surface area (Å²) in [6.45, 7) is 4.49. The fourth-order valence-electron chi connectivity index (χ4n) is 3.81. The molecule has 0 aromatic heterocycles. The molecule has 0 bridgehead atoms. The summed E-state index contributed by atoms with van der Waals surface area (Å²) in [5, 5.41) is 3.26. The van der Waals surface area contributed by atoms with Gasteiger partial charge in [0.2, 0.25) is 0 Å². The third-order valence-corrected chi connectivity index (χ3v) is 6.66. The molecule has 0 saturated carbocycles. The first kappa shape index (κ1) is 18.3. The molecule has 5 atom stereocenters. The zero-order chi connectivity index (χ0) is 18.4. The Balaban J connectivity index is 1.52. The van der Waals surface area contributed by atoms with Crippen molar-refractivity contribution < 1.29 is 27.4 Å². The fraction of sp³-hybridized carbons (Fsp3) is 0.667. The molecule has 0 aliphatic carbocycles. The van der Waals surface area contributed by atoms with E-state index in [9.17, 15) is 8.42 Å². The lowest BCUT2D eigenvalue weighted by Crippen LogP contribution is -2.55. The molecule has 1 N–H and O–H groups in total. The third-order valence-electron chi connectivity index (χ3n) is 4.96. The van der Waals surface area contributed by atoms with Crippen molar-refractivity contribution in [3.63, 3.8) is 0 Å². The molecule has 0 spiro atoms. The molecule has 0 unspecified atom stereocenters. The number of nitrogens with one attached hydrogen (secondary N) is 1. The lowest BCUT2D eigenvalue weighted by Gasteiger charge is -2.33. The van der Waals surface area contributed by atoms with Gasteiger partial charge in [0.25, 0.3) is 0 Å². The molecule has 3 saturated heterocycles. The number of fused-ring (bicyclic) bond motifs is 1. The highest BCUT2D eigenvalue weighted by Crippen LogP contribution is 2.40. The Morgan fingerprint density at radius 1 is 1.19 bits per heavy atom. The van der Waals surface area contributed by atoms with E-state index < -0.39 is 34.1 Å². The van der Waals surface area contributed by atoms with Crippen LogP contribution in [0, 0.1) is 0 Å². The minimum Gasteiger partial charge on any atom is -0.368 e. The highest BCUT2D eigenvalue weighted by molar-refractivity contribution is 7.91. The van der Waals surface area contributed by atoms with E-state index in [0.717, 1.165) is 5.56 Å². The first-order valence-electron chi connectivity index (χ1n) is 8.93. The second kappa shape index (κ2) is 6.85. The van der Waals surface area contributed by atoms with Crippen LogP contribution in [0.1, 0.15) is 19.4 Å². The topological polar surface area (TPSA) is 83.1 Å². The monoisotopic (exact) mass is 383 g/mol. The van der Waals surface area contributed by atoms with Crippen molar-refractivity contribution in [3.05, 3.63) is 35.9 Å². The smallest absolute Gasteiger partial charge is 0.190 e. The van der Waals surface area contributed by atoms with E-state index in [1.807, 2.05) is 44.2 Å². The number of benzene rings is 1. The van der Waals surface area contributed by atoms with Gasteiger partial charge in [0, 0.05) is 6.54 Å². The molecule has 1 aromatic carbocycles. The SMILES string of the molecule is CC1(C)O[C@H]2O[C@H]([C@@H]3CS(=O)(=O)CCN3)[C@H](OCc3ccccc3)[C@H]2O1. The fourth-order valence-corrected chi connectivity index (χ4v) is 5.26. The van der Waals surface area contributed by atoms with Crippen LogP contribution in [0.15, 0.2) is 30.3 Å². The third kappa shape index (κ3) is 3.81. The van der Waals surface area contributed by atoms with Crippen LogP contribution < -0.4 is 5.32 Å². The zero-order valence-electron chi connectivity index (χ0n) is 15.0. The maximum absolute atomic E-state index is 12.1. The van der Waals surface area contributed by atoms with E-state index in [1.165, 1.54) is 0 Å². The number of hydrogen-bond acceptors (Lipinski definition) is 7. The Bertz CT molecular complexity index is 737. The maximum atomic E-state index is 12.1. The molecular formula is C18H25NO6S. The quantitative estimate of drug-likeness (QED) is 0.825. The summed E-state index contributed by atoms with van der Waals surface area (Å²) in [5.41, 5.74) is 1.04. The van der Waals surface area contributed by atoms with E-state index in [4.69, 9.17) is 18.9 Å². The highest BCUT2D eigenvalue weighted by Gasteiger charge is 2.57. The molecule has 144 valence electrons. The van der Waals surface area contributed by atoms with Gasteiger partial charge in [0.1, 0.15) is 18.3 Å². The number of hydrogen-bond donors (Lipinski definition) is 1. The van der Waals surface area contributed by atoms with Gasteiger partial charge >= 0.3 is 0 Å². The van der Waals surface area contributed by atoms with Gasteiger partial charge in [-0.25, -0.2) is 8.42 Å². The standard InChI is InChI=1S/C18H25NO6S/c1-18(2)24-16-15(22-10-12-6-4-3-5-7-12)14(23-17(16)25-18)13-11-26(20,21)9-8-19-13/h3-7,13-17,19H,8-11H2,1-2H3/t13-,14+,15-,16+,17+/m0/s1. The van der Waals surface area contributed by atoms with Crippen molar-refractivity contribution >= 4 is 9.84 Å². The zero-order valence-corrected chi connectivity index (χ0v) is 15.8. The van der Waals surface area contributed by atoms with Gasteiger partial charge in [0.15, 0.2) is 21.9 Å². The highest BCUT2D eigenvalue weighted by atomic mass is 32.2. The van der Waals surface area contributed by atoms with Gasteiger partial charge in [-0.2, -0.15) is 0 Å². The van der Waals surface area contributed by atoms with Crippen molar-refractivity contribution in [1.29, 1.82) is 0 Å². The van der Waals surface area contributed by atoms with E-state index in [-0.39, 0.29) is 23.7 Å². The van der Waals surface area contributed by atoms with Crippen molar-refractivity contribution in [2.75, 3.05) is 18.1 Å².